The van der Waals surface area contributed by atoms with Gasteiger partial charge in [-0.15, -0.1) is 0 Å². The molecule has 4 rings (SSSR count). The van der Waals surface area contributed by atoms with Crippen molar-refractivity contribution in [3.8, 4) is 5.75 Å². The van der Waals surface area contributed by atoms with Gasteiger partial charge < -0.3 is 20.3 Å². The average molecular weight is 627 g/mol. The summed E-state index contributed by atoms with van der Waals surface area (Å²) < 4.78 is 73.3. The topological polar surface area (TPSA) is 117 Å². The molecule has 1 aromatic carbocycles. The molecule has 14 heteroatoms. The Labute approximate surface area is 251 Å². The molecule has 0 bridgehead atoms. The molecule has 2 fully saturated rings. The van der Waals surface area contributed by atoms with Crippen LogP contribution in [0.4, 0.5) is 24.8 Å². The monoisotopic (exact) mass is 626 g/mol. The molecule has 1 aliphatic heterocycles. The smallest absolute Gasteiger partial charge is 0.419 e. The van der Waals surface area contributed by atoms with E-state index in [-0.39, 0.29) is 35.9 Å². The zero-order valence-corrected chi connectivity index (χ0v) is 26.1. The number of nitrogens with zero attached hydrogens (tertiary/aromatic N) is 4. The summed E-state index contributed by atoms with van der Waals surface area (Å²) in [4.78, 5) is 23.5. The standard InChI is InChI=1S/C29H41F3N6O4S/c1-18-14-24(26(42-4)16-21(18)27(39)34-20-10-12-37(2)13-11-20)36-28-33-17-22(29(30,31)32)23(35-28)15-19-8-6-7-9-25(19)38(3)43(5,40)41/h14,16-17,19-20,25H,6-13,15H2,1-5H3,(H,34,39)(H,33,35,36)/t19-,25+/m0/s1. The van der Waals surface area contributed by atoms with Crippen LogP contribution >= 0.6 is 0 Å². The van der Waals surface area contributed by atoms with Crippen molar-refractivity contribution in [3.63, 3.8) is 0 Å². The Morgan fingerprint density at radius 3 is 2.47 bits per heavy atom. The van der Waals surface area contributed by atoms with E-state index in [9.17, 15) is 26.4 Å². The maximum atomic E-state index is 14.0. The number of rotatable bonds is 9. The molecule has 238 valence electrons. The van der Waals surface area contributed by atoms with Crippen molar-refractivity contribution in [2.24, 2.45) is 5.92 Å². The first-order chi connectivity index (χ1) is 20.2. The number of hydrogen-bond acceptors (Lipinski definition) is 8. The van der Waals surface area contributed by atoms with E-state index in [1.165, 1.54) is 18.5 Å². The average Bonchev–Trinajstić information content (AvgIpc) is 2.93. The van der Waals surface area contributed by atoms with E-state index in [1.54, 1.807) is 19.1 Å². The molecule has 0 spiro atoms. The van der Waals surface area contributed by atoms with E-state index in [0.717, 1.165) is 51.2 Å². The van der Waals surface area contributed by atoms with Gasteiger partial charge in [0.05, 0.1) is 30.3 Å². The largest absolute Gasteiger partial charge is 0.495 e. The number of aryl methyl sites for hydroxylation is 1. The van der Waals surface area contributed by atoms with E-state index in [4.69, 9.17) is 4.74 Å². The lowest BCUT2D eigenvalue weighted by molar-refractivity contribution is -0.138. The Bertz CT molecular complexity index is 1410. The van der Waals surface area contributed by atoms with Gasteiger partial charge in [-0.3, -0.25) is 4.79 Å². The number of aromatic nitrogens is 2. The Hall–Kier alpha value is -2.97. The van der Waals surface area contributed by atoms with Crippen molar-refractivity contribution in [1.82, 2.24) is 24.5 Å². The van der Waals surface area contributed by atoms with Crippen LogP contribution in [0.1, 0.15) is 65.7 Å². The summed E-state index contributed by atoms with van der Waals surface area (Å²) in [6.07, 6.45) is 1.59. The predicted molar refractivity (Wildman–Crippen MR) is 158 cm³/mol. The van der Waals surface area contributed by atoms with Gasteiger partial charge in [-0.1, -0.05) is 12.8 Å². The summed E-state index contributed by atoms with van der Waals surface area (Å²) in [5, 5.41) is 6.06. The molecule has 2 atom stereocenters. The summed E-state index contributed by atoms with van der Waals surface area (Å²) in [6, 6.07) is 2.93. The third-order valence-corrected chi connectivity index (χ3v) is 9.90. The first-order valence-electron chi connectivity index (χ1n) is 14.5. The maximum absolute atomic E-state index is 14.0. The van der Waals surface area contributed by atoms with Gasteiger partial charge in [-0.25, -0.2) is 22.7 Å². The van der Waals surface area contributed by atoms with Crippen LogP contribution in [0.25, 0.3) is 0 Å². The van der Waals surface area contributed by atoms with Gasteiger partial charge in [0.15, 0.2) is 0 Å². The van der Waals surface area contributed by atoms with Crippen LogP contribution in [-0.4, -0.2) is 86.1 Å². The van der Waals surface area contributed by atoms with Gasteiger partial charge in [0.2, 0.25) is 16.0 Å². The highest BCUT2D eigenvalue weighted by Crippen LogP contribution is 2.37. The maximum Gasteiger partial charge on any atom is 0.419 e. The molecule has 1 aliphatic carbocycles. The number of amides is 1. The molecule has 2 N–H and O–H groups in total. The van der Waals surface area contributed by atoms with Crippen molar-refractivity contribution in [2.45, 2.75) is 70.1 Å². The molecule has 10 nitrogen and oxygen atoms in total. The number of carbonyl (C=O) groups is 1. The number of methoxy groups -OCH3 is 1. The van der Waals surface area contributed by atoms with Crippen molar-refractivity contribution in [2.75, 3.05) is 45.9 Å². The molecule has 1 saturated heterocycles. The fourth-order valence-corrected chi connectivity index (χ4v) is 6.77. The molecule has 2 aliphatic rings. The van der Waals surface area contributed by atoms with Gasteiger partial charge in [0.1, 0.15) is 5.75 Å². The van der Waals surface area contributed by atoms with Crippen LogP contribution < -0.4 is 15.4 Å². The molecule has 1 aromatic heterocycles. The van der Waals surface area contributed by atoms with Crippen LogP contribution in [0.5, 0.6) is 5.75 Å². The molecule has 0 radical (unpaired) electrons. The van der Waals surface area contributed by atoms with Crippen LogP contribution in [0, 0.1) is 12.8 Å². The van der Waals surface area contributed by atoms with Gasteiger partial charge in [0, 0.05) is 30.9 Å². The number of benzene rings is 1. The first kappa shape index (κ1) is 32.9. The highest BCUT2D eigenvalue weighted by Gasteiger charge is 2.38. The number of halogens is 3. The molecular weight excluding hydrogens is 585 g/mol. The Morgan fingerprint density at radius 1 is 1.16 bits per heavy atom. The van der Waals surface area contributed by atoms with Crippen LogP contribution in [0.3, 0.4) is 0 Å². The van der Waals surface area contributed by atoms with Crippen LogP contribution in [0.15, 0.2) is 18.3 Å². The Kier molecular flexibility index (Phi) is 10.2. The second-order valence-corrected chi connectivity index (χ2v) is 13.7. The molecule has 2 aromatic rings. The highest BCUT2D eigenvalue weighted by molar-refractivity contribution is 7.88. The third-order valence-electron chi connectivity index (χ3n) is 8.58. The summed E-state index contributed by atoms with van der Waals surface area (Å²) in [5.41, 5.74) is 0.333. The second-order valence-electron chi connectivity index (χ2n) is 11.7. The van der Waals surface area contributed by atoms with Crippen LogP contribution in [-0.2, 0) is 22.6 Å². The van der Waals surface area contributed by atoms with Crippen molar-refractivity contribution in [3.05, 3.63) is 40.7 Å². The van der Waals surface area contributed by atoms with E-state index in [1.807, 2.05) is 7.05 Å². The fraction of sp³-hybridized carbons (Fsp3) is 0.621. The van der Waals surface area contributed by atoms with Crippen molar-refractivity contribution >= 4 is 27.6 Å². The summed E-state index contributed by atoms with van der Waals surface area (Å²) in [5.74, 6) is -0.304. The third kappa shape index (κ3) is 8.15. The highest BCUT2D eigenvalue weighted by atomic mass is 32.2. The minimum Gasteiger partial charge on any atom is -0.495 e. The molecule has 1 amide bonds. The Balaban J connectivity index is 1.59. The van der Waals surface area contributed by atoms with Gasteiger partial charge in [-0.2, -0.15) is 13.2 Å². The van der Waals surface area contributed by atoms with Crippen LogP contribution in [0.2, 0.25) is 0 Å². The minimum atomic E-state index is -4.68. The minimum absolute atomic E-state index is 0.0528. The van der Waals surface area contributed by atoms with E-state index >= 15 is 0 Å². The molecule has 0 unspecified atom stereocenters. The molecular formula is C29H41F3N6O4S. The second kappa shape index (κ2) is 13.3. The number of carbonyl (C=O) groups excluding carboxylic acids is 1. The lowest BCUT2D eigenvalue weighted by Gasteiger charge is -2.37. The molecule has 1 saturated carbocycles. The Morgan fingerprint density at radius 2 is 1.84 bits per heavy atom. The summed E-state index contributed by atoms with van der Waals surface area (Å²) >= 11 is 0. The first-order valence-corrected chi connectivity index (χ1v) is 16.3. The zero-order chi connectivity index (χ0) is 31.5. The van der Waals surface area contributed by atoms with Crippen molar-refractivity contribution in [1.29, 1.82) is 0 Å². The summed E-state index contributed by atoms with van der Waals surface area (Å²) in [6.45, 7) is 3.58. The number of hydrogen-bond donors (Lipinski definition) is 2. The quantitative estimate of drug-likeness (QED) is 0.422. The number of alkyl halides is 3. The van der Waals surface area contributed by atoms with Gasteiger partial charge >= 0.3 is 6.18 Å². The lowest BCUT2D eigenvalue weighted by Crippen LogP contribution is -2.44. The molecule has 2 heterocycles. The zero-order valence-electron chi connectivity index (χ0n) is 25.3. The number of likely N-dealkylation sites (tertiary alicyclic amines) is 1. The number of nitrogens with one attached hydrogen (secondary N) is 2. The number of piperidine rings is 1. The van der Waals surface area contributed by atoms with E-state index < -0.39 is 27.8 Å². The summed E-state index contributed by atoms with van der Waals surface area (Å²) in [7, 11) is 1.44. The normalized spacial score (nSPS) is 20.7. The lowest BCUT2D eigenvalue weighted by atomic mass is 9.81. The fourth-order valence-electron chi connectivity index (χ4n) is 6.00. The van der Waals surface area contributed by atoms with Gasteiger partial charge in [-0.05, 0) is 82.8 Å². The SMILES string of the molecule is COc1cc(C(=O)NC2CCN(C)CC2)c(C)cc1Nc1ncc(C(F)(F)F)c(C[C@@H]2CCCC[C@H]2N(C)S(C)(=O)=O)n1. The predicted octanol–water partition coefficient (Wildman–Crippen LogP) is 4.37. The van der Waals surface area contributed by atoms with Gasteiger partial charge in [0.25, 0.3) is 5.91 Å². The number of sulfonamides is 1. The number of anilines is 2. The van der Waals surface area contributed by atoms with E-state index in [2.05, 4.69) is 25.5 Å². The molecule has 43 heavy (non-hydrogen) atoms. The van der Waals surface area contributed by atoms with Crippen molar-refractivity contribution < 1.29 is 31.1 Å². The number of ether oxygens (including phenoxy) is 1. The van der Waals surface area contributed by atoms with E-state index in [0.29, 0.717) is 35.4 Å².